The average molecular weight is 361 g/mol. The van der Waals surface area contributed by atoms with Crippen LogP contribution in [0.25, 0.3) is 0 Å². The topological polar surface area (TPSA) is 95.5 Å². The van der Waals surface area contributed by atoms with Crippen LogP contribution in [0.3, 0.4) is 0 Å². The predicted octanol–water partition coefficient (Wildman–Crippen LogP) is 0.946. The largest absolute Gasteiger partial charge is 0.353 e. The highest BCUT2D eigenvalue weighted by molar-refractivity contribution is 7.89. The number of aromatic nitrogens is 2. The highest BCUT2D eigenvalue weighted by Gasteiger charge is 2.28. The van der Waals surface area contributed by atoms with Crippen LogP contribution in [-0.2, 0) is 14.8 Å². The van der Waals surface area contributed by atoms with E-state index in [1.807, 2.05) is 4.90 Å². The van der Waals surface area contributed by atoms with Crippen LogP contribution in [0.2, 0.25) is 0 Å². The Morgan fingerprint density at radius 1 is 1.08 bits per heavy atom. The van der Waals surface area contributed by atoms with Gasteiger partial charge >= 0.3 is 0 Å². The van der Waals surface area contributed by atoms with Gasteiger partial charge in [-0.25, -0.2) is 13.4 Å². The molecule has 2 aromatic rings. The lowest BCUT2D eigenvalue weighted by molar-refractivity contribution is -0.114. The van der Waals surface area contributed by atoms with E-state index in [9.17, 15) is 13.2 Å². The lowest BCUT2D eigenvalue weighted by Gasteiger charge is -2.34. The molecular formula is C16H19N5O3S. The molecule has 0 spiro atoms. The molecule has 1 amide bonds. The maximum Gasteiger partial charge on any atom is 0.243 e. The molecule has 1 aromatic carbocycles. The summed E-state index contributed by atoms with van der Waals surface area (Å²) in [6.45, 7) is 3.28. The van der Waals surface area contributed by atoms with Crippen molar-refractivity contribution in [3.05, 3.63) is 42.9 Å². The van der Waals surface area contributed by atoms with Crippen LogP contribution in [0, 0.1) is 0 Å². The Kier molecular flexibility index (Phi) is 4.95. The minimum Gasteiger partial charge on any atom is -0.353 e. The summed E-state index contributed by atoms with van der Waals surface area (Å²) < 4.78 is 27.0. The first kappa shape index (κ1) is 17.3. The molecule has 132 valence electrons. The fourth-order valence-electron chi connectivity index (χ4n) is 2.67. The summed E-state index contributed by atoms with van der Waals surface area (Å²) >= 11 is 0. The standard InChI is InChI=1S/C16H19N5O3S/c1-13(22)19-14-2-4-15(5-3-14)25(23,24)21-10-8-20(9-11-21)16-12-17-6-7-18-16/h2-7,12H,8-11H2,1H3,(H,19,22). The van der Waals surface area contributed by atoms with Crippen molar-refractivity contribution in [2.45, 2.75) is 11.8 Å². The Morgan fingerprint density at radius 3 is 2.32 bits per heavy atom. The summed E-state index contributed by atoms with van der Waals surface area (Å²) in [5.41, 5.74) is 0.568. The maximum absolute atomic E-state index is 12.8. The van der Waals surface area contributed by atoms with Crippen LogP contribution in [-0.4, -0.2) is 54.8 Å². The molecule has 0 atom stereocenters. The zero-order valence-electron chi connectivity index (χ0n) is 13.8. The number of sulfonamides is 1. The number of anilines is 2. The Morgan fingerprint density at radius 2 is 1.76 bits per heavy atom. The smallest absolute Gasteiger partial charge is 0.243 e. The summed E-state index contributed by atoms with van der Waals surface area (Å²) in [5.74, 6) is 0.551. The van der Waals surface area contributed by atoms with Crippen LogP contribution in [0.1, 0.15) is 6.92 Å². The van der Waals surface area contributed by atoms with Crippen molar-refractivity contribution in [3.8, 4) is 0 Å². The molecule has 0 radical (unpaired) electrons. The van der Waals surface area contributed by atoms with Gasteiger partial charge in [0.15, 0.2) is 0 Å². The molecule has 0 aliphatic carbocycles. The monoisotopic (exact) mass is 361 g/mol. The van der Waals surface area contributed by atoms with Gasteiger partial charge in [0.25, 0.3) is 0 Å². The molecule has 1 aromatic heterocycles. The van der Waals surface area contributed by atoms with E-state index in [0.717, 1.165) is 5.82 Å². The summed E-state index contributed by atoms with van der Waals surface area (Å²) in [7, 11) is -3.55. The number of carbonyl (C=O) groups excluding carboxylic acids is 1. The Balaban J connectivity index is 1.68. The second kappa shape index (κ2) is 7.16. The van der Waals surface area contributed by atoms with Crippen molar-refractivity contribution in [3.63, 3.8) is 0 Å². The number of hydrogen-bond acceptors (Lipinski definition) is 6. The molecule has 8 nitrogen and oxygen atoms in total. The molecule has 0 bridgehead atoms. The van der Waals surface area contributed by atoms with Gasteiger partial charge < -0.3 is 10.2 Å². The van der Waals surface area contributed by atoms with Gasteiger partial charge in [0.05, 0.1) is 11.1 Å². The van der Waals surface area contributed by atoms with Crippen molar-refractivity contribution in [2.75, 3.05) is 36.4 Å². The second-order valence-corrected chi connectivity index (χ2v) is 7.60. The molecule has 3 rings (SSSR count). The number of benzene rings is 1. The Hall–Kier alpha value is -2.52. The molecule has 0 saturated carbocycles. The number of rotatable bonds is 4. The zero-order chi connectivity index (χ0) is 17.9. The first-order valence-electron chi connectivity index (χ1n) is 7.85. The fraction of sp³-hybridized carbons (Fsp3) is 0.312. The number of piperazine rings is 1. The third kappa shape index (κ3) is 3.94. The summed E-state index contributed by atoms with van der Waals surface area (Å²) in [4.78, 5) is 21.5. The lowest BCUT2D eigenvalue weighted by atomic mass is 10.3. The van der Waals surface area contributed by atoms with Gasteiger partial charge in [0.2, 0.25) is 15.9 Å². The molecule has 0 unspecified atom stereocenters. The average Bonchev–Trinajstić information content (AvgIpc) is 2.62. The van der Waals surface area contributed by atoms with Crippen molar-refractivity contribution in [1.82, 2.24) is 14.3 Å². The van der Waals surface area contributed by atoms with Crippen molar-refractivity contribution in [2.24, 2.45) is 0 Å². The van der Waals surface area contributed by atoms with E-state index < -0.39 is 10.0 Å². The van der Waals surface area contributed by atoms with Crippen LogP contribution in [0.15, 0.2) is 47.8 Å². The van der Waals surface area contributed by atoms with Gasteiger partial charge in [0.1, 0.15) is 5.82 Å². The normalized spacial score (nSPS) is 15.8. The van der Waals surface area contributed by atoms with Crippen molar-refractivity contribution < 1.29 is 13.2 Å². The highest BCUT2D eigenvalue weighted by atomic mass is 32.2. The van der Waals surface area contributed by atoms with E-state index in [1.54, 1.807) is 30.7 Å². The lowest BCUT2D eigenvalue weighted by Crippen LogP contribution is -2.48. The minimum atomic E-state index is -3.55. The SMILES string of the molecule is CC(=O)Nc1ccc(S(=O)(=O)N2CCN(c3cnccn3)CC2)cc1. The van der Waals surface area contributed by atoms with Crippen LogP contribution >= 0.6 is 0 Å². The first-order chi connectivity index (χ1) is 12.0. The van der Waals surface area contributed by atoms with Crippen LogP contribution in [0.5, 0.6) is 0 Å². The van der Waals surface area contributed by atoms with Gasteiger partial charge in [-0.15, -0.1) is 0 Å². The molecule has 1 fully saturated rings. The Labute approximate surface area is 146 Å². The van der Waals surface area contributed by atoms with Crippen LogP contribution in [0.4, 0.5) is 11.5 Å². The van der Waals surface area contributed by atoms with Crippen molar-refractivity contribution >= 4 is 27.4 Å². The number of carbonyl (C=O) groups is 1. The first-order valence-corrected chi connectivity index (χ1v) is 9.29. The van der Waals surface area contributed by atoms with Gasteiger partial charge in [-0.1, -0.05) is 0 Å². The molecule has 1 aliphatic heterocycles. The molecular weight excluding hydrogens is 342 g/mol. The van der Waals surface area contributed by atoms with Crippen LogP contribution < -0.4 is 10.2 Å². The van der Waals surface area contributed by atoms with E-state index in [2.05, 4.69) is 15.3 Å². The Bertz CT molecular complexity index is 832. The number of hydrogen-bond donors (Lipinski definition) is 1. The zero-order valence-corrected chi connectivity index (χ0v) is 14.6. The van der Waals surface area contributed by atoms with E-state index in [0.29, 0.717) is 31.9 Å². The van der Waals surface area contributed by atoms with E-state index in [-0.39, 0.29) is 10.8 Å². The fourth-order valence-corrected chi connectivity index (χ4v) is 4.10. The number of nitrogens with zero attached hydrogens (tertiary/aromatic N) is 4. The number of amides is 1. The minimum absolute atomic E-state index is 0.198. The maximum atomic E-state index is 12.8. The molecule has 9 heteroatoms. The predicted molar refractivity (Wildman–Crippen MR) is 93.7 cm³/mol. The highest BCUT2D eigenvalue weighted by Crippen LogP contribution is 2.21. The quantitative estimate of drug-likeness (QED) is 0.871. The van der Waals surface area contributed by atoms with Gasteiger partial charge in [-0.3, -0.25) is 9.78 Å². The molecule has 1 aliphatic rings. The molecule has 2 heterocycles. The van der Waals surface area contributed by atoms with E-state index in [4.69, 9.17) is 0 Å². The third-order valence-electron chi connectivity index (χ3n) is 3.92. The van der Waals surface area contributed by atoms with E-state index in [1.165, 1.54) is 23.4 Å². The molecule has 25 heavy (non-hydrogen) atoms. The summed E-state index contributed by atoms with van der Waals surface area (Å²) in [5, 5.41) is 2.62. The summed E-state index contributed by atoms with van der Waals surface area (Å²) in [6, 6.07) is 6.19. The third-order valence-corrected chi connectivity index (χ3v) is 5.84. The van der Waals surface area contributed by atoms with Gasteiger partial charge in [-0.2, -0.15) is 4.31 Å². The molecule has 1 saturated heterocycles. The van der Waals surface area contributed by atoms with Crippen molar-refractivity contribution in [1.29, 1.82) is 0 Å². The number of nitrogens with one attached hydrogen (secondary N) is 1. The summed E-state index contributed by atoms with van der Waals surface area (Å²) in [6.07, 6.45) is 4.90. The van der Waals surface area contributed by atoms with Gasteiger partial charge in [0, 0.05) is 51.2 Å². The second-order valence-electron chi connectivity index (χ2n) is 5.66. The molecule has 1 N–H and O–H groups in total. The van der Waals surface area contributed by atoms with E-state index >= 15 is 0 Å². The van der Waals surface area contributed by atoms with Gasteiger partial charge in [-0.05, 0) is 24.3 Å².